The van der Waals surface area contributed by atoms with Crippen molar-refractivity contribution in [2.75, 3.05) is 24.5 Å². The van der Waals surface area contributed by atoms with Gasteiger partial charge in [-0.05, 0) is 48.7 Å². The predicted molar refractivity (Wildman–Crippen MR) is 125 cm³/mol. The molecule has 4 aromatic rings. The Morgan fingerprint density at radius 3 is 2.16 bits per heavy atom. The molecular weight excluding hydrogens is 386 g/mol. The number of carbonyl (C=O) groups is 1. The van der Waals surface area contributed by atoms with Crippen LogP contribution in [0.1, 0.15) is 6.42 Å². The zero-order valence-corrected chi connectivity index (χ0v) is 17.3. The van der Waals surface area contributed by atoms with Gasteiger partial charge in [0.2, 0.25) is 5.91 Å². The highest BCUT2D eigenvalue weighted by Gasteiger charge is 2.23. The molecule has 5 rings (SSSR count). The quantitative estimate of drug-likeness (QED) is 0.508. The Balaban J connectivity index is 1.32. The summed E-state index contributed by atoms with van der Waals surface area (Å²) in [6.07, 6.45) is 1.07. The SMILES string of the molecule is O=C(Cn1c2ccccc2c(=O)c2ccccc21)NCC1CCN(c2ccccc2)C1. The number of rotatable bonds is 5. The Morgan fingerprint density at radius 2 is 1.48 bits per heavy atom. The van der Waals surface area contributed by atoms with Crippen LogP contribution in [0.2, 0.25) is 0 Å². The number of aromatic nitrogens is 1. The smallest absolute Gasteiger partial charge is 0.239 e. The van der Waals surface area contributed by atoms with Crippen molar-refractivity contribution < 1.29 is 4.79 Å². The molecule has 3 aromatic carbocycles. The summed E-state index contributed by atoms with van der Waals surface area (Å²) in [6.45, 7) is 2.82. The number of hydrogen-bond donors (Lipinski definition) is 1. The van der Waals surface area contributed by atoms with E-state index in [4.69, 9.17) is 0 Å². The molecule has 1 unspecified atom stereocenters. The van der Waals surface area contributed by atoms with E-state index in [2.05, 4.69) is 34.5 Å². The van der Waals surface area contributed by atoms with Gasteiger partial charge in [0.15, 0.2) is 5.43 Å². The van der Waals surface area contributed by atoms with Crippen molar-refractivity contribution in [3.8, 4) is 0 Å². The Kier molecular flexibility index (Phi) is 5.16. The number of pyridine rings is 1. The van der Waals surface area contributed by atoms with Crippen LogP contribution in [0.15, 0.2) is 83.7 Å². The molecule has 0 saturated carbocycles. The fourth-order valence-corrected chi connectivity index (χ4v) is 4.58. The van der Waals surface area contributed by atoms with Gasteiger partial charge in [0.05, 0.1) is 11.0 Å². The predicted octanol–water partition coefficient (Wildman–Crippen LogP) is 3.80. The summed E-state index contributed by atoms with van der Waals surface area (Å²) in [7, 11) is 0. The van der Waals surface area contributed by atoms with Gasteiger partial charge in [-0.3, -0.25) is 9.59 Å². The van der Waals surface area contributed by atoms with E-state index in [9.17, 15) is 9.59 Å². The average Bonchev–Trinajstić information content (AvgIpc) is 3.30. The molecular formula is C26H25N3O2. The molecule has 1 atom stereocenters. The van der Waals surface area contributed by atoms with Crippen LogP contribution >= 0.6 is 0 Å². The lowest BCUT2D eigenvalue weighted by molar-refractivity contribution is -0.121. The lowest BCUT2D eigenvalue weighted by Gasteiger charge is -2.19. The molecule has 0 radical (unpaired) electrons. The van der Waals surface area contributed by atoms with Gasteiger partial charge < -0.3 is 14.8 Å². The van der Waals surface area contributed by atoms with E-state index in [0.717, 1.165) is 30.5 Å². The average molecular weight is 412 g/mol. The summed E-state index contributed by atoms with van der Waals surface area (Å²) in [5.74, 6) is 0.406. The van der Waals surface area contributed by atoms with Gasteiger partial charge in [-0.1, -0.05) is 42.5 Å². The number of nitrogens with zero attached hydrogens (tertiary/aromatic N) is 2. The van der Waals surface area contributed by atoms with E-state index >= 15 is 0 Å². The minimum absolute atomic E-state index is 0.00909. The zero-order valence-electron chi connectivity index (χ0n) is 17.3. The molecule has 1 aliphatic rings. The van der Waals surface area contributed by atoms with Gasteiger partial charge in [-0.25, -0.2) is 0 Å². The van der Waals surface area contributed by atoms with Crippen LogP contribution in [-0.2, 0) is 11.3 Å². The van der Waals surface area contributed by atoms with E-state index in [0.29, 0.717) is 23.2 Å². The van der Waals surface area contributed by atoms with Crippen molar-refractivity contribution in [1.82, 2.24) is 9.88 Å². The number of benzene rings is 3. The maximum absolute atomic E-state index is 12.9. The molecule has 0 spiro atoms. The molecule has 0 bridgehead atoms. The molecule has 1 saturated heterocycles. The van der Waals surface area contributed by atoms with Crippen molar-refractivity contribution in [3.63, 3.8) is 0 Å². The van der Waals surface area contributed by atoms with Crippen LogP contribution in [0.25, 0.3) is 21.8 Å². The monoisotopic (exact) mass is 411 g/mol. The van der Waals surface area contributed by atoms with E-state index in [1.807, 2.05) is 59.2 Å². The van der Waals surface area contributed by atoms with Gasteiger partial charge in [0.25, 0.3) is 0 Å². The molecule has 1 aromatic heterocycles. The number of para-hydroxylation sites is 3. The van der Waals surface area contributed by atoms with Crippen LogP contribution in [-0.4, -0.2) is 30.1 Å². The maximum Gasteiger partial charge on any atom is 0.239 e. The number of hydrogen-bond acceptors (Lipinski definition) is 3. The Hall–Kier alpha value is -3.60. The second-order valence-electron chi connectivity index (χ2n) is 8.19. The first-order valence-electron chi connectivity index (χ1n) is 10.8. The number of anilines is 1. The van der Waals surface area contributed by atoms with Gasteiger partial charge >= 0.3 is 0 Å². The number of fused-ring (bicyclic) bond motifs is 2. The molecule has 0 aliphatic carbocycles. The lowest BCUT2D eigenvalue weighted by Crippen LogP contribution is -2.33. The van der Waals surface area contributed by atoms with Gasteiger partial charge in [-0.15, -0.1) is 0 Å². The molecule has 1 aliphatic heterocycles. The van der Waals surface area contributed by atoms with Gasteiger partial charge in [0.1, 0.15) is 6.54 Å². The Morgan fingerprint density at radius 1 is 0.871 bits per heavy atom. The molecule has 156 valence electrons. The molecule has 1 amide bonds. The summed E-state index contributed by atoms with van der Waals surface area (Å²) in [5, 5.41) is 4.41. The number of carbonyl (C=O) groups excluding carboxylic acids is 1. The third kappa shape index (κ3) is 3.79. The van der Waals surface area contributed by atoms with E-state index in [1.54, 1.807) is 0 Å². The highest BCUT2D eigenvalue weighted by atomic mass is 16.2. The van der Waals surface area contributed by atoms with E-state index in [1.165, 1.54) is 5.69 Å². The first kappa shape index (κ1) is 19.4. The standard InChI is InChI=1S/C26H25N3O2/c30-25(27-16-19-14-15-28(17-19)20-8-2-1-3-9-20)18-29-23-12-6-4-10-21(23)26(31)22-11-5-7-13-24(22)29/h1-13,19H,14-18H2,(H,27,30). The third-order valence-corrected chi connectivity index (χ3v) is 6.18. The summed E-state index contributed by atoms with van der Waals surface area (Å²) < 4.78 is 1.95. The molecule has 31 heavy (non-hydrogen) atoms. The van der Waals surface area contributed by atoms with Crippen LogP contribution < -0.4 is 15.6 Å². The Labute approximate surface area is 180 Å². The second-order valence-corrected chi connectivity index (χ2v) is 8.19. The first-order valence-corrected chi connectivity index (χ1v) is 10.8. The third-order valence-electron chi connectivity index (χ3n) is 6.18. The topological polar surface area (TPSA) is 54.3 Å². The Bertz CT molecular complexity index is 1240. The maximum atomic E-state index is 12.9. The van der Waals surface area contributed by atoms with Crippen LogP contribution in [0.3, 0.4) is 0 Å². The fraction of sp³-hybridized carbons (Fsp3) is 0.231. The second kappa shape index (κ2) is 8.26. The van der Waals surface area contributed by atoms with Gasteiger partial charge in [0, 0.05) is 36.1 Å². The molecule has 5 nitrogen and oxygen atoms in total. The van der Waals surface area contributed by atoms with E-state index in [-0.39, 0.29) is 17.9 Å². The van der Waals surface area contributed by atoms with Crippen molar-refractivity contribution in [1.29, 1.82) is 0 Å². The number of nitrogens with one attached hydrogen (secondary N) is 1. The normalized spacial score (nSPS) is 16.1. The van der Waals surface area contributed by atoms with Crippen molar-refractivity contribution in [2.24, 2.45) is 5.92 Å². The largest absolute Gasteiger partial charge is 0.371 e. The van der Waals surface area contributed by atoms with E-state index < -0.39 is 0 Å². The summed E-state index contributed by atoms with van der Waals surface area (Å²) in [4.78, 5) is 28.1. The molecule has 2 heterocycles. The minimum Gasteiger partial charge on any atom is -0.371 e. The number of amides is 1. The highest BCUT2D eigenvalue weighted by molar-refractivity contribution is 5.94. The minimum atomic E-state index is -0.0304. The summed E-state index contributed by atoms with van der Waals surface area (Å²) in [6, 6.07) is 25.4. The summed E-state index contributed by atoms with van der Waals surface area (Å²) >= 11 is 0. The first-order chi connectivity index (χ1) is 15.2. The molecule has 5 heteroatoms. The van der Waals surface area contributed by atoms with Crippen LogP contribution in [0.4, 0.5) is 5.69 Å². The van der Waals surface area contributed by atoms with Crippen LogP contribution in [0, 0.1) is 5.92 Å². The highest BCUT2D eigenvalue weighted by Crippen LogP contribution is 2.23. The van der Waals surface area contributed by atoms with Crippen molar-refractivity contribution in [2.45, 2.75) is 13.0 Å². The van der Waals surface area contributed by atoms with Gasteiger partial charge in [-0.2, -0.15) is 0 Å². The molecule has 1 N–H and O–H groups in total. The van der Waals surface area contributed by atoms with Crippen molar-refractivity contribution >= 4 is 33.4 Å². The lowest BCUT2D eigenvalue weighted by atomic mass is 10.1. The summed E-state index contributed by atoms with van der Waals surface area (Å²) in [5.41, 5.74) is 2.83. The fourth-order valence-electron chi connectivity index (χ4n) is 4.58. The zero-order chi connectivity index (χ0) is 21.2. The van der Waals surface area contributed by atoms with Crippen molar-refractivity contribution in [3.05, 3.63) is 89.1 Å². The van der Waals surface area contributed by atoms with Crippen LogP contribution in [0.5, 0.6) is 0 Å². The molecule has 1 fully saturated rings.